The van der Waals surface area contributed by atoms with Crippen LogP contribution in [0.15, 0.2) is 18.3 Å². The first-order valence-electron chi connectivity index (χ1n) is 4.33. The average Bonchev–Trinajstić information content (AvgIpc) is 2.69. The van der Waals surface area contributed by atoms with Crippen molar-refractivity contribution in [3.05, 3.63) is 23.5 Å². The van der Waals surface area contributed by atoms with Crippen LogP contribution in [-0.4, -0.2) is 16.9 Å². The van der Waals surface area contributed by atoms with E-state index in [0.29, 0.717) is 22.0 Å². The summed E-state index contributed by atoms with van der Waals surface area (Å²) < 4.78 is 10.4. The second-order valence-electron chi connectivity index (χ2n) is 3.16. The van der Waals surface area contributed by atoms with Crippen molar-refractivity contribution in [2.45, 2.75) is 0 Å². The normalized spacial score (nSPS) is 13.4. The zero-order valence-corrected chi connectivity index (χ0v) is 8.28. The van der Waals surface area contributed by atoms with E-state index >= 15 is 0 Å². The molecule has 76 valence electrons. The van der Waals surface area contributed by atoms with Gasteiger partial charge in [0, 0.05) is 17.0 Å². The number of fused-ring (bicyclic) bond motifs is 3. The Morgan fingerprint density at radius 1 is 1.27 bits per heavy atom. The van der Waals surface area contributed by atoms with Gasteiger partial charge in [0.15, 0.2) is 11.5 Å². The maximum absolute atomic E-state index is 9.66. The van der Waals surface area contributed by atoms with Gasteiger partial charge in [-0.3, -0.25) is 0 Å². The lowest BCUT2D eigenvalue weighted by molar-refractivity contribution is 0.172. The number of phenolic OH excluding ortho intramolecular Hbond substituents is 1. The number of benzene rings is 1. The Labute approximate surface area is 90.0 Å². The largest absolute Gasteiger partial charge is 0.504 e. The topological polar surface area (TPSA) is 51.6 Å². The highest BCUT2D eigenvalue weighted by molar-refractivity contribution is 6.34. The first-order valence-corrected chi connectivity index (χ1v) is 4.71. The van der Waals surface area contributed by atoms with Gasteiger partial charge in [0.25, 0.3) is 0 Å². The van der Waals surface area contributed by atoms with Crippen LogP contribution in [0.3, 0.4) is 0 Å². The molecular formula is C10H6ClNO3. The van der Waals surface area contributed by atoms with Crippen LogP contribution in [0.4, 0.5) is 0 Å². The number of nitrogens with zero attached hydrogens (tertiary/aromatic N) is 1. The van der Waals surface area contributed by atoms with E-state index in [4.69, 9.17) is 21.1 Å². The third-order valence-corrected chi connectivity index (χ3v) is 2.61. The quantitative estimate of drug-likeness (QED) is 0.697. The predicted octanol–water partition coefficient (Wildman–Crippen LogP) is 2.32. The molecular weight excluding hydrogens is 218 g/mol. The van der Waals surface area contributed by atoms with Crippen molar-refractivity contribution >= 4 is 22.4 Å². The molecule has 0 amide bonds. The molecule has 0 bridgehead atoms. The zero-order chi connectivity index (χ0) is 10.4. The van der Waals surface area contributed by atoms with Gasteiger partial charge in [-0.15, -0.1) is 0 Å². The summed E-state index contributed by atoms with van der Waals surface area (Å²) in [5, 5.41) is 11.4. The lowest BCUT2D eigenvalue weighted by Gasteiger charge is -2.05. The molecule has 0 unspecified atom stereocenters. The smallest absolute Gasteiger partial charge is 0.231 e. The van der Waals surface area contributed by atoms with Crippen molar-refractivity contribution in [1.29, 1.82) is 0 Å². The van der Waals surface area contributed by atoms with Gasteiger partial charge in [-0.25, -0.2) is 4.98 Å². The summed E-state index contributed by atoms with van der Waals surface area (Å²) >= 11 is 5.91. The summed E-state index contributed by atoms with van der Waals surface area (Å²) in [4.78, 5) is 3.93. The second kappa shape index (κ2) is 2.90. The highest BCUT2D eigenvalue weighted by Crippen LogP contribution is 2.46. The third-order valence-electron chi connectivity index (χ3n) is 2.31. The number of hydrogen-bond acceptors (Lipinski definition) is 4. The van der Waals surface area contributed by atoms with Crippen LogP contribution in [0.1, 0.15) is 0 Å². The zero-order valence-electron chi connectivity index (χ0n) is 7.53. The standard InChI is InChI=1S/C10H6ClNO3/c11-10-6-3-7(13)9-8(14-4-15-9)5(6)1-2-12-10/h1-3,13H,4H2. The molecule has 0 fully saturated rings. The predicted molar refractivity (Wildman–Crippen MR) is 54.5 cm³/mol. The van der Waals surface area contributed by atoms with Gasteiger partial charge in [-0.2, -0.15) is 0 Å². The molecule has 1 aliphatic rings. The number of phenols is 1. The number of aromatic hydroxyl groups is 1. The van der Waals surface area contributed by atoms with Gasteiger partial charge >= 0.3 is 0 Å². The third kappa shape index (κ3) is 1.11. The molecule has 0 atom stereocenters. The highest BCUT2D eigenvalue weighted by Gasteiger charge is 2.22. The summed E-state index contributed by atoms with van der Waals surface area (Å²) in [7, 11) is 0. The van der Waals surface area contributed by atoms with Gasteiger partial charge in [-0.1, -0.05) is 11.6 Å². The number of ether oxygens (including phenoxy) is 2. The maximum atomic E-state index is 9.66. The summed E-state index contributed by atoms with van der Waals surface area (Å²) in [5.74, 6) is 0.906. The molecule has 0 saturated carbocycles. The minimum Gasteiger partial charge on any atom is -0.504 e. The molecule has 15 heavy (non-hydrogen) atoms. The highest BCUT2D eigenvalue weighted by atomic mass is 35.5. The minimum atomic E-state index is 0.0184. The maximum Gasteiger partial charge on any atom is 0.231 e. The van der Waals surface area contributed by atoms with Crippen molar-refractivity contribution in [2.75, 3.05) is 6.79 Å². The first-order chi connectivity index (χ1) is 7.27. The fourth-order valence-electron chi connectivity index (χ4n) is 1.65. The van der Waals surface area contributed by atoms with E-state index in [1.165, 1.54) is 6.07 Å². The molecule has 2 aromatic rings. The van der Waals surface area contributed by atoms with Crippen molar-refractivity contribution in [2.24, 2.45) is 0 Å². The monoisotopic (exact) mass is 223 g/mol. The van der Waals surface area contributed by atoms with Crippen LogP contribution in [0.2, 0.25) is 5.15 Å². The Hall–Kier alpha value is -1.68. The molecule has 1 N–H and O–H groups in total. The van der Waals surface area contributed by atoms with Crippen molar-refractivity contribution < 1.29 is 14.6 Å². The van der Waals surface area contributed by atoms with Crippen LogP contribution in [0.25, 0.3) is 10.8 Å². The molecule has 0 radical (unpaired) electrons. The van der Waals surface area contributed by atoms with Crippen LogP contribution in [-0.2, 0) is 0 Å². The molecule has 1 aromatic carbocycles. The Balaban J connectivity index is 2.48. The summed E-state index contributed by atoms with van der Waals surface area (Å²) in [6.45, 7) is 0.113. The molecule has 2 heterocycles. The van der Waals surface area contributed by atoms with Gasteiger partial charge in [0.2, 0.25) is 12.5 Å². The second-order valence-corrected chi connectivity index (χ2v) is 3.52. The molecule has 1 aromatic heterocycles. The van der Waals surface area contributed by atoms with Gasteiger partial charge in [0.1, 0.15) is 5.15 Å². The Bertz CT molecular complexity index is 556. The van der Waals surface area contributed by atoms with E-state index in [1.807, 2.05) is 0 Å². The molecule has 1 aliphatic heterocycles. The van der Waals surface area contributed by atoms with E-state index in [9.17, 15) is 5.11 Å². The van der Waals surface area contributed by atoms with Crippen molar-refractivity contribution in [1.82, 2.24) is 4.98 Å². The lowest BCUT2D eigenvalue weighted by Crippen LogP contribution is -1.93. The van der Waals surface area contributed by atoms with Gasteiger partial charge in [-0.05, 0) is 12.1 Å². The molecule has 0 spiro atoms. The van der Waals surface area contributed by atoms with E-state index in [-0.39, 0.29) is 12.5 Å². The summed E-state index contributed by atoms with van der Waals surface area (Å²) in [5.41, 5.74) is 0. The first kappa shape index (κ1) is 8.61. The number of hydrogen-bond donors (Lipinski definition) is 1. The number of halogens is 1. The van der Waals surface area contributed by atoms with E-state index < -0.39 is 0 Å². The van der Waals surface area contributed by atoms with Crippen molar-refractivity contribution in [3.63, 3.8) is 0 Å². The van der Waals surface area contributed by atoms with Crippen LogP contribution < -0.4 is 9.47 Å². The fraction of sp³-hybridized carbons (Fsp3) is 0.100. The number of aromatic nitrogens is 1. The average molecular weight is 224 g/mol. The van der Waals surface area contributed by atoms with Crippen LogP contribution in [0, 0.1) is 0 Å². The number of pyridine rings is 1. The molecule has 5 heteroatoms. The number of rotatable bonds is 0. The summed E-state index contributed by atoms with van der Waals surface area (Å²) in [6.07, 6.45) is 1.59. The Morgan fingerprint density at radius 3 is 2.93 bits per heavy atom. The van der Waals surface area contributed by atoms with E-state index in [2.05, 4.69) is 4.98 Å². The lowest BCUT2D eigenvalue weighted by atomic mass is 10.1. The Morgan fingerprint density at radius 2 is 2.07 bits per heavy atom. The summed E-state index contributed by atoms with van der Waals surface area (Å²) in [6, 6.07) is 3.30. The molecule has 4 nitrogen and oxygen atoms in total. The van der Waals surface area contributed by atoms with Crippen LogP contribution >= 0.6 is 11.6 Å². The molecule has 3 rings (SSSR count). The van der Waals surface area contributed by atoms with Gasteiger partial charge < -0.3 is 14.6 Å². The SMILES string of the molecule is Oc1cc2c(Cl)nccc2c2c1OCO2. The van der Waals surface area contributed by atoms with Crippen LogP contribution in [0.5, 0.6) is 17.2 Å². The Kier molecular flexibility index (Phi) is 1.67. The molecule has 0 aliphatic carbocycles. The molecule has 0 saturated heterocycles. The van der Waals surface area contributed by atoms with E-state index in [1.54, 1.807) is 12.3 Å². The fourth-order valence-corrected chi connectivity index (χ4v) is 1.87. The minimum absolute atomic E-state index is 0.0184. The van der Waals surface area contributed by atoms with Crippen molar-refractivity contribution in [3.8, 4) is 17.2 Å². The van der Waals surface area contributed by atoms with E-state index in [0.717, 1.165) is 5.39 Å². The van der Waals surface area contributed by atoms with Gasteiger partial charge in [0.05, 0.1) is 0 Å².